The number of ether oxygens (including phenoxy) is 1. The van der Waals surface area contributed by atoms with Gasteiger partial charge in [0.15, 0.2) is 0 Å². The highest BCUT2D eigenvalue weighted by Crippen LogP contribution is 2.65. The second-order valence-corrected chi connectivity index (χ2v) is 8.79. The van der Waals surface area contributed by atoms with Crippen LogP contribution in [0.5, 0.6) is 5.75 Å². The van der Waals surface area contributed by atoms with E-state index in [9.17, 15) is 19.2 Å². The predicted octanol–water partition coefficient (Wildman–Crippen LogP) is 3.28. The van der Waals surface area contributed by atoms with Gasteiger partial charge in [0.25, 0.3) is 0 Å². The first-order valence-corrected chi connectivity index (χ1v) is 10.5. The van der Waals surface area contributed by atoms with Crippen LogP contribution < -0.4 is 9.64 Å². The van der Waals surface area contributed by atoms with Crippen molar-refractivity contribution in [2.75, 3.05) is 4.90 Å². The molecule has 5 aliphatic rings. The molecule has 2 amide bonds. The molecule has 4 aliphatic carbocycles. The van der Waals surface area contributed by atoms with Crippen molar-refractivity contribution < 1.29 is 23.9 Å². The highest BCUT2D eigenvalue weighted by Gasteiger charge is 2.67. The zero-order chi connectivity index (χ0) is 21.3. The Morgan fingerprint density at radius 3 is 2.19 bits per heavy atom. The van der Waals surface area contributed by atoms with Crippen molar-refractivity contribution in [1.82, 2.24) is 0 Å². The van der Waals surface area contributed by atoms with E-state index in [1.54, 1.807) is 30.3 Å². The van der Waals surface area contributed by atoms with Crippen LogP contribution in [0.25, 0.3) is 0 Å². The van der Waals surface area contributed by atoms with E-state index < -0.39 is 5.97 Å². The van der Waals surface area contributed by atoms with Crippen LogP contribution in [-0.2, 0) is 9.59 Å². The maximum atomic E-state index is 13.3. The largest absolute Gasteiger partial charge is 0.423 e. The second kappa shape index (κ2) is 6.48. The molecule has 2 bridgehead atoms. The standard InChI is InChI=1S/C25H19NO5/c27-12-13-4-6-16(7-5-13)31-25(30)14-2-1-3-15(10-14)26-23(28)21-17-8-9-18(20-11-19(17)20)22(21)24(26)29/h1-10,12,17-22H,11H2/t17-,18-,19-,20+,21-,22+/m0/s1. The van der Waals surface area contributed by atoms with E-state index >= 15 is 0 Å². The number of anilines is 1. The number of amides is 2. The molecule has 0 aromatic heterocycles. The number of allylic oxidation sites excluding steroid dienone is 2. The Balaban J connectivity index is 1.26. The number of benzene rings is 2. The molecule has 1 heterocycles. The van der Waals surface area contributed by atoms with Crippen molar-refractivity contribution in [3.8, 4) is 5.75 Å². The summed E-state index contributed by atoms with van der Waals surface area (Å²) < 4.78 is 5.38. The molecular weight excluding hydrogens is 394 g/mol. The van der Waals surface area contributed by atoms with Crippen molar-refractivity contribution in [1.29, 1.82) is 0 Å². The van der Waals surface area contributed by atoms with Gasteiger partial charge in [0, 0.05) is 5.56 Å². The van der Waals surface area contributed by atoms with Gasteiger partial charge < -0.3 is 4.74 Å². The third-order valence-corrected chi connectivity index (χ3v) is 7.23. The van der Waals surface area contributed by atoms with E-state index in [1.807, 2.05) is 0 Å². The first-order chi connectivity index (χ1) is 15.1. The first-order valence-electron chi connectivity index (χ1n) is 10.5. The number of nitrogens with zero attached hydrogens (tertiary/aromatic N) is 1. The number of aldehydes is 1. The molecule has 0 spiro atoms. The average Bonchev–Trinajstić information content (AvgIpc) is 3.57. The van der Waals surface area contributed by atoms with Crippen LogP contribution in [-0.4, -0.2) is 24.1 Å². The zero-order valence-corrected chi connectivity index (χ0v) is 16.5. The Labute approximate surface area is 178 Å². The lowest BCUT2D eigenvalue weighted by atomic mass is 9.63. The van der Waals surface area contributed by atoms with Crippen molar-refractivity contribution in [2.24, 2.45) is 35.5 Å². The molecule has 1 saturated heterocycles. The molecule has 7 rings (SSSR count). The van der Waals surface area contributed by atoms with Gasteiger partial charge in [-0.25, -0.2) is 9.69 Å². The van der Waals surface area contributed by atoms with E-state index in [4.69, 9.17) is 4.74 Å². The minimum atomic E-state index is -0.597. The van der Waals surface area contributed by atoms with Crippen LogP contribution in [0.4, 0.5) is 5.69 Å². The molecular formula is C25H19NO5. The third kappa shape index (κ3) is 2.64. The SMILES string of the molecule is O=Cc1ccc(OC(=O)c2cccc(N3C(=O)[C@@H]4[C@H]5C=C[C@@H]([C@@H]6C[C@H]56)[C@@H]4C3=O)c2)cc1. The maximum Gasteiger partial charge on any atom is 0.343 e. The average molecular weight is 413 g/mol. The van der Waals surface area contributed by atoms with Gasteiger partial charge in [-0.15, -0.1) is 0 Å². The zero-order valence-electron chi connectivity index (χ0n) is 16.5. The van der Waals surface area contributed by atoms with E-state index in [-0.39, 0.29) is 41.0 Å². The monoisotopic (exact) mass is 413 g/mol. The van der Waals surface area contributed by atoms with Crippen LogP contribution in [0.3, 0.4) is 0 Å². The van der Waals surface area contributed by atoms with E-state index in [0.717, 1.165) is 6.42 Å². The van der Waals surface area contributed by atoms with Gasteiger partial charge in [-0.05, 0) is 72.6 Å². The van der Waals surface area contributed by atoms with Crippen LogP contribution in [0.1, 0.15) is 27.1 Å². The van der Waals surface area contributed by atoms with Gasteiger partial charge in [0.05, 0.1) is 23.1 Å². The van der Waals surface area contributed by atoms with Crippen molar-refractivity contribution in [3.05, 3.63) is 71.8 Å². The normalized spacial score (nSPS) is 31.9. The number of carbonyl (C=O) groups excluding carboxylic acids is 4. The predicted molar refractivity (Wildman–Crippen MR) is 110 cm³/mol. The lowest BCUT2D eigenvalue weighted by Crippen LogP contribution is -2.40. The fourth-order valence-corrected chi connectivity index (χ4v) is 5.76. The summed E-state index contributed by atoms with van der Waals surface area (Å²) in [5.74, 6) is 0.232. The molecule has 0 N–H and O–H groups in total. The van der Waals surface area contributed by atoms with E-state index in [0.29, 0.717) is 35.1 Å². The van der Waals surface area contributed by atoms with E-state index in [2.05, 4.69) is 12.2 Å². The summed E-state index contributed by atoms with van der Waals surface area (Å²) in [6.45, 7) is 0. The number of imide groups is 1. The van der Waals surface area contributed by atoms with E-state index in [1.165, 1.54) is 23.1 Å². The minimum absolute atomic E-state index is 0.156. The van der Waals surface area contributed by atoms with Gasteiger partial charge in [-0.1, -0.05) is 18.2 Å². The summed E-state index contributed by atoms with van der Waals surface area (Å²) in [5, 5.41) is 0. The molecule has 2 saturated carbocycles. The highest BCUT2D eigenvalue weighted by atomic mass is 16.5. The van der Waals surface area contributed by atoms with Crippen LogP contribution in [0.15, 0.2) is 60.7 Å². The molecule has 0 unspecified atom stereocenters. The molecule has 154 valence electrons. The van der Waals surface area contributed by atoms with Gasteiger partial charge in [0.2, 0.25) is 11.8 Å². The van der Waals surface area contributed by atoms with Crippen LogP contribution >= 0.6 is 0 Å². The quantitative estimate of drug-likeness (QED) is 0.253. The Morgan fingerprint density at radius 2 is 1.58 bits per heavy atom. The van der Waals surface area contributed by atoms with Gasteiger partial charge >= 0.3 is 5.97 Å². The summed E-state index contributed by atoms with van der Waals surface area (Å²) in [4.78, 5) is 51.2. The summed E-state index contributed by atoms with van der Waals surface area (Å²) in [6, 6.07) is 12.6. The fourth-order valence-electron chi connectivity index (χ4n) is 5.76. The topological polar surface area (TPSA) is 80.8 Å². The van der Waals surface area contributed by atoms with Crippen LogP contribution in [0, 0.1) is 35.5 Å². The molecule has 6 nitrogen and oxygen atoms in total. The smallest absolute Gasteiger partial charge is 0.343 e. The summed E-state index contributed by atoms with van der Waals surface area (Å²) in [7, 11) is 0. The molecule has 1 aliphatic heterocycles. The Bertz CT molecular complexity index is 1130. The molecule has 6 atom stereocenters. The molecule has 3 fully saturated rings. The lowest BCUT2D eigenvalue weighted by Gasteiger charge is -2.37. The minimum Gasteiger partial charge on any atom is -0.423 e. The molecule has 2 aromatic rings. The number of esters is 1. The van der Waals surface area contributed by atoms with Crippen LogP contribution in [0.2, 0.25) is 0 Å². The third-order valence-electron chi connectivity index (χ3n) is 7.23. The van der Waals surface area contributed by atoms with Gasteiger partial charge in [0.1, 0.15) is 12.0 Å². The van der Waals surface area contributed by atoms with Crippen molar-refractivity contribution in [2.45, 2.75) is 6.42 Å². The Kier molecular flexibility index (Phi) is 3.81. The number of hydrogen-bond acceptors (Lipinski definition) is 5. The first kappa shape index (κ1) is 18.2. The lowest BCUT2D eigenvalue weighted by molar-refractivity contribution is -0.124. The molecule has 6 heteroatoms. The van der Waals surface area contributed by atoms with Gasteiger partial charge in [-0.2, -0.15) is 0 Å². The molecule has 2 aromatic carbocycles. The highest BCUT2D eigenvalue weighted by molar-refractivity contribution is 6.23. The summed E-state index contributed by atoms with van der Waals surface area (Å²) in [6.07, 6.45) is 6.10. The van der Waals surface area contributed by atoms with Crippen molar-refractivity contribution in [3.63, 3.8) is 0 Å². The Morgan fingerprint density at radius 1 is 0.935 bits per heavy atom. The summed E-state index contributed by atoms with van der Waals surface area (Å²) >= 11 is 0. The number of hydrogen-bond donors (Lipinski definition) is 0. The second-order valence-electron chi connectivity index (χ2n) is 8.79. The van der Waals surface area contributed by atoms with Gasteiger partial charge in [-0.3, -0.25) is 14.4 Å². The maximum absolute atomic E-state index is 13.3. The number of carbonyl (C=O) groups is 4. The Hall–Kier alpha value is -3.54. The summed E-state index contributed by atoms with van der Waals surface area (Å²) in [5.41, 5.74) is 1.13. The fraction of sp³-hybridized carbons (Fsp3) is 0.280. The number of rotatable bonds is 4. The molecule has 31 heavy (non-hydrogen) atoms. The van der Waals surface area contributed by atoms with Crippen molar-refractivity contribution >= 4 is 29.8 Å². The molecule has 0 radical (unpaired) electrons.